The van der Waals surface area contributed by atoms with Gasteiger partial charge in [0.05, 0.1) is 12.3 Å². The van der Waals surface area contributed by atoms with E-state index in [1.54, 1.807) is 12.1 Å². The molecule has 2 heterocycles. The Kier molecular flexibility index (Phi) is 8.17. The minimum absolute atomic E-state index is 0.0229. The van der Waals surface area contributed by atoms with E-state index in [9.17, 15) is 14.3 Å². The van der Waals surface area contributed by atoms with Crippen molar-refractivity contribution in [2.75, 3.05) is 6.61 Å². The Morgan fingerprint density at radius 1 is 0.872 bits per heavy atom. The van der Waals surface area contributed by atoms with Gasteiger partial charge in [-0.2, -0.15) is 5.10 Å². The van der Waals surface area contributed by atoms with Crippen molar-refractivity contribution < 1.29 is 19.0 Å². The molecule has 0 aliphatic heterocycles. The summed E-state index contributed by atoms with van der Waals surface area (Å²) in [5.41, 5.74) is 5.55. The summed E-state index contributed by atoms with van der Waals surface area (Å²) in [6.45, 7) is 1.20. The Morgan fingerprint density at radius 2 is 1.62 bits per heavy atom. The summed E-state index contributed by atoms with van der Waals surface area (Å²) in [5, 5.41) is 16.2. The topological polar surface area (TPSA) is 80.1 Å². The average molecular weight is 524 g/mol. The van der Waals surface area contributed by atoms with Crippen molar-refractivity contribution >= 4 is 5.97 Å². The smallest absolute Gasteiger partial charge is 0.353 e. The minimum atomic E-state index is -1.07. The summed E-state index contributed by atoms with van der Waals surface area (Å²) in [4.78, 5) is 11.4. The van der Waals surface area contributed by atoms with Gasteiger partial charge in [0.2, 0.25) is 0 Å². The highest BCUT2D eigenvalue weighted by Gasteiger charge is 2.16. The normalized spacial score (nSPS) is 11.0. The molecule has 0 aliphatic carbocycles. The highest BCUT2D eigenvalue weighted by atomic mass is 19.1. The van der Waals surface area contributed by atoms with Gasteiger partial charge < -0.3 is 14.4 Å². The molecule has 2 aromatic heterocycles. The average Bonchev–Trinajstić information content (AvgIpc) is 3.61. The van der Waals surface area contributed by atoms with Crippen molar-refractivity contribution in [1.82, 2.24) is 14.8 Å². The number of carbonyl (C=O) groups is 1. The molecule has 5 rings (SSSR count). The van der Waals surface area contributed by atoms with E-state index in [0.29, 0.717) is 18.8 Å². The predicted octanol–water partition coefficient (Wildman–Crippen LogP) is 7.22. The zero-order valence-electron chi connectivity index (χ0n) is 21.5. The molecule has 0 unspecified atom stereocenters. The molecule has 198 valence electrons. The van der Waals surface area contributed by atoms with Crippen LogP contribution in [0, 0.1) is 5.82 Å². The number of unbranched alkanes of at least 4 members (excludes halogenated alkanes) is 2. The first-order valence-corrected chi connectivity index (χ1v) is 13.1. The number of ether oxygens (including phenoxy) is 1. The SMILES string of the molecule is O=C(O)c1cc(-c2cn(Cc3ccc(F)cc3)cc2-c2ccc(OCCCCCc3ccccc3)cc2)n[nH]1. The number of hydrogen-bond acceptors (Lipinski definition) is 3. The number of H-pyrrole nitrogens is 1. The Labute approximate surface area is 226 Å². The number of halogens is 1. The van der Waals surface area contributed by atoms with E-state index in [2.05, 4.69) is 34.5 Å². The van der Waals surface area contributed by atoms with Gasteiger partial charge in [0.15, 0.2) is 0 Å². The number of carboxylic acids is 1. The number of aromatic nitrogens is 3. The van der Waals surface area contributed by atoms with Crippen LogP contribution in [0.15, 0.2) is 97.3 Å². The third kappa shape index (κ3) is 6.82. The number of nitrogens with one attached hydrogen (secondary N) is 1. The molecule has 0 atom stereocenters. The number of benzene rings is 3. The third-order valence-electron chi connectivity index (χ3n) is 6.63. The van der Waals surface area contributed by atoms with Crippen LogP contribution in [-0.2, 0) is 13.0 Å². The van der Waals surface area contributed by atoms with Gasteiger partial charge in [-0.05, 0) is 72.7 Å². The molecule has 3 aromatic carbocycles. The summed E-state index contributed by atoms with van der Waals surface area (Å²) < 4.78 is 21.3. The van der Waals surface area contributed by atoms with Gasteiger partial charge in [-0.25, -0.2) is 9.18 Å². The second kappa shape index (κ2) is 12.3. The number of aromatic carboxylic acids is 1. The largest absolute Gasteiger partial charge is 0.494 e. The van der Waals surface area contributed by atoms with Gasteiger partial charge in [-0.1, -0.05) is 54.6 Å². The van der Waals surface area contributed by atoms with E-state index in [4.69, 9.17) is 4.74 Å². The van der Waals surface area contributed by atoms with Crippen LogP contribution in [-0.4, -0.2) is 32.4 Å². The van der Waals surface area contributed by atoms with E-state index in [-0.39, 0.29) is 11.5 Å². The van der Waals surface area contributed by atoms with Crippen LogP contribution in [0.3, 0.4) is 0 Å². The van der Waals surface area contributed by atoms with Gasteiger partial charge in [0.1, 0.15) is 17.3 Å². The number of rotatable bonds is 12. The van der Waals surface area contributed by atoms with Crippen molar-refractivity contribution in [3.05, 3.63) is 120 Å². The fourth-order valence-electron chi connectivity index (χ4n) is 4.58. The monoisotopic (exact) mass is 523 g/mol. The zero-order valence-corrected chi connectivity index (χ0v) is 21.5. The van der Waals surface area contributed by atoms with E-state index in [1.807, 2.05) is 47.3 Å². The quantitative estimate of drug-likeness (QED) is 0.169. The molecular formula is C32H30FN3O3. The molecule has 0 radical (unpaired) electrons. The standard InChI is InChI=1S/C32H30FN3O3/c33-26-14-10-24(11-15-26)20-36-21-28(29(22-36)30-19-31(32(37)38)35-34-30)25-12-16-27(17-13-25)39-18-6-2-5-9-23-7-3-1-4-8-23/h1,3-4,7-8,10-17,19,21-22H,2,5-6,9,18,20H2,(H,34,35)(H,37,38). The molecule has 7 heteroatoms. The third-order valence-corrected chi connectivity index (χ3v) is 6.63. The second-order valence-electron chi connectivity index (χ2n) is 9.53. The number of carboxylic acid groups (broad SMARTS) is 1. The van der Waals surface area contributed by atoms with Gasteiger partial charge in [-0.15, -0.1) is 0 Å². The molecule has 2 N–H and O–H groups in total. The van der Waals surface area contributed by atoms with E-state index in [0.717, 1.165) is 53.7 Å². The molecular weight excluding hydrogens is 493 g/mol. The van der Waals surface area contributed by atoms with E-state index >= 15 is 0 Å². The first kappa shape index (κ1) is 26.0. The lowest BCUT2D eigenvalue weighted by molar-refractivity contribution is 0.0690. The van der Waals surface area contributed by atoms with Crippen LogP contribution in [0.5, 0.6) is 5.75 Å². The van der Waals surface area contributed by atoms with Crippen molar-refractivity contribution in [3.63, 3.8) is 0 Å². The number of aryl methyl sites for hydroxylation is 1. The number of aromatic amines is 1. The maximum absolute atomic E-state index is 13.4. The lowest BCUT2D eigenvalue weighted by atomic mass is 10.0. The van der Waals surface area contributed by atoms with Crippen LogP contribution >= 0.6 is 0 Å². The molecule has 0 spiro atoms. The highest BCUT2D eigenvalue weighted by Crippen LogP contribution is 2.34. The molecule has 0 fully saturated rings. The molecule has 39 heavy (non-hydrogen) atoms. The molecule has 0 bridgehead atoms. The molecule has 5 aromatic rings. The predicted molar refractivity (Wildman–Crippen MR) is 149 cm³/mol. The summed E-state index contributed by atoms with van der Waals surface area (Å²) in [5.74, 6) is -0.538. The van der Waals surface area contributed by atoms with Crippen LogP contribution < -0.4 is 4.74 Å². The maximum atomic E-state index is 13.4. The van der Waals surface area contributed by atoms with Gasteiger partial charge in [0.25, 0.3) is 0 Å². The molecule has 6 nitrogen and oxygen atoms in total. The van der Waals surface area contributed by atoms with Crippen molar-refractivity contribution in [3.8, 4) is 28.1 Å². The van der Waals surface area contributed by atoms with Gasteiger partial charge >= 0.3 is 5.97 Å². The molecule has 0 amide bonds. The Bertz CT molecular complexity index is 1510. The Balaban J connectivity index is 1.26. The Morgan fingerprint density at radius 3 is 2.33 bits per heavy atom. The van der Waals surface area contributed by atoms with Crippen LogP contribution in [0.2, 0.25) is 0 Å². The van der Waals surface area contributed by atoms with Crippen molar-refractivity contribution in [2.24, 2.45) is 0 Å². The Hall–Kier alpha value is -4.65. The first-order valence-electron chi connectivity index (χ1n) is 13.1. The van der Waals surface area contributed by atoms with Gasteiger partial charge in [-0.3, -0.25) is 5.10 Å². The molecule has 0 aliphatic rings. The summed E-state index contributed by atoms with van der Waals surface area (Å²) in [6.07, 6.45) is 8.26. The van der Waals surface area contributed by atoms with E-state index in [1.165, 1.54) is 23.8 Å². The zero-order chi connectivity index (χ0) is 27.0. The fraction of sp³-hybridized carbons (Fsp3) is 0.188. The van der Waals surface area contributed by atoms with Crippen LogP contribution in [0.4, 0.5) is 4.39 Å². The number of hydrogen-bond donors (Lipinski definition) is 2. The van der Waals surface area contributed by atoms with Crippen LogP contribution in [0.25, 0.3) is 22.4 Å². The second-order valence-corrected chi connectivity index (χ2v) is 9.53. The molecule has 0 saturated heterocycles. The van der Waals surface area contributed by atoms with Crippen molar-refractivity contribution in [1.29, 1.82) is 0 Å². The van der Waals surface area contributed by atoms with Crippen LogP contribution in [0.1, 0.15) is 40.9 Å². The summed E-state index contributed by atoms with van der Waals surface area (Å²) >= 11 is 0. The highest BCUT2D eigenvalue weighted by molar-refractivity contribution is 5.89. The van der Waals surface area contributed by atoms with Crippen molar-refractivity contribution in [2.45, 2.75) is 32.2 Å². The maximum Gasteiger partial charge on any atom is 0.353 e. The summed E-state index contributed by atoms with van der Waals surface area (Å²) in [6, 6.07) is 26.3. The minimum Gasteiger partial charge on any atom is -0.494 e. The fourth-order valence-corrected chi connectivity index (χ4v) is 4.58. The first-order chi connectivity index (χ1) is 19.0. The number of nitrogens with zero attached hydrogens (tertiary/aromatic N) is 2. The lowest BCUT2D eigenvalue weighted by Gasteiger charge is -2.08. The summed E-state index contributed by atoms with van der Waals surface area (Å²) in [7, 11) is 0. The molecule has 0 saturated carbocycles. The van der Waals surface area contributed by atoms with E-state index < -0.39 is 5.97 Å². The van der Waals surface area contributed by atoms with Gasteiger partial charge in [0, 0.05) is 30.1 Å². The lowest BCUT2D eigenvalue weighted by Crippen LogP contribution is -1.97.